The third-order valence-corrected chi connectivity index (χ3v) is 3.20. The van der Waals surface area contributed by atoms with Gasteiger partial charge in [0.15, 0.2) is 0 Å². The van der Waals surface area contributed by atoms with Gasteiger partial charge in [-0.3, -0.25) is 13.8 Å². The molecule has 0 radical (unpaired) electrons. The predicted octanol–water partition coefficient (Wildman–Crippen LogP) is 1.76. The summed E-state index contributed by atoms with van der Waals surface area (Å²) in [5.41, 5.74) is 0.370. The van der Waals surface area contributed by atoms with Gasteiger partial charge in [0, 0.05) is 0 Å². The minimum atomic E-state index is -3.60. The second kappa shape index (κ2) is 7.71. The highest BCUT2D eigenvalue weighted by molar-refractivity contribution is 7.85. The normalized spacial score (nSPS) is 13.6. The Bertz CT molecular complexity index is 565. The lowest BCUT2D eigenvalue weighted by Gasteiger charge is -2.32. The van der Waals surface area contributed by atoms with Crippen molar-refractivity contribution in [3.8, 4) is 0 Å². The van der Waals surface area contributed by atoms with Gasteiger partial charge in [-0.1, -0.05) is 30.3 Å². The topological polar surface area (TPSA) is 72.9 Å². The fourth-order valence-corrected chi connectivity index (χ4v) is 2.21. The second-order valence-electron chi connectivity index (χ2n) is 6.00. The summed E-state index contributed by atoms with van der Waals surface area (Å²) in [7, 11) is -3.60. The standard InChI is InChI=1S/C15H23NO5S/c1-15(2,3)21-16(12-17)14(11-20-22(4,18)19)10-13-8-6-5-7-9-13/h5-9,12,14H,10-11H2,1-4H3/t14-/m0/s1. The fraction of sp³-hybridized carbons (Fsp3) is 0.533. The summed E-state index contributed by atoms with van der Waals surface area (Å²) in [5, 5.41) is 1.12. The van der Waals surface area contributed by atoms with E-state index in [9.17, 15) is 13.2 Å². The van der Waals surface area contributed by atoms with E-state index < -0.39 is 21.8 Å². The molecule has 0 saturated carbocycles. The van der Waals surface area contributed by atoms with Crippen molar-refractivity contribution in [3.63, 3.8) is 0 Å². The van der Waals surface area contributed by atoms with Gasteiger partial charge >= 0.3 is 0 Å². The molecule has 1 aromatic carbocycles. The number of hydrogen-bond acceptors (Lipinski definition) is 5. The van der Waals surface area contributed by atoms with Crippen LogP contribution in [-0.4, -0.2) is 44.4 Å². The monoisotopic (exact) mass is 329 g/mol. The summed E-state index contributed by atoms with van der Waals surface area (Å²) in [6.07, 6.45) is 1.94. The Morgan fingerprint density at radius 2 is 1.82 bits per heavy atom. The van der Waals surface area contributed by atoms with E-state index in [1.54, 1.807) is 20.8 Å². The first-order valence-electron chi connectivity index (χ1n) is 6.92. The van der Waals surface area contributed by atoms with Crippen molar-refractivity contribution in [1.82, 2.24) is 5.06 Å². The Hall–Kier alpha value is -1.44. The molecule has 0 spiro atoms. The molecule has 0 unspecified atom stereocenters. The van der Waals surface area contributed by atoms with Crippen molar-refractivity contribution in [2.45, 2.75) is 38.8 Å². The molecular weight excluding hydrogens is 306 g/mol. The minimum Gasteiger partial charge on any atom is -0.276 e. The molecule has 7 heteroatoms. The first kappa shape index (κ1) is 18.6. The van der Waals surface area contributed by atoms with Crippen LogP contribution in [0.4, 0.5) is 0 Å². The number of benzene rings is 1. The summed E-state index contributed by atoms with van der Waals surface area (Å²) in [6, 6.07) is 8.88. The van der Waals surface area contributed by atoms with Crippen molar-refractivity contribution >= 4 is 16.5 Å². The van der Waals surface area contributed by atoms with Crippen LogP contribution in [0.5, 0.6) is 0 Å². The van der Waals surface area contributed by atoms with Gasteiger partial charge in [0.25, 0.3) is 10.1 Å². The SMILES string of the molecule is CC(C)(C)ON(C=O)[C@H](COS(C)(=O)=O)Cc1ccccc1. The largest absolute Gasteiger partial charge is 0.276 e. The van der Waals surface area contributed by atoms with Crippen LogP contribution in [0.1, 0.15) is 26.3 Å². The molecule has 1 aromatic rings. The maximum Gasteiger partial charge on any atom is 0.264 e. The summed E-state index contributed by atoms with van der Waals surface area (Å²) in [5.74, 6) is 0. The van der Waals surface area contributed by atoms with Gasteiger partial charge in [0.05, 0.1) is 24.5 Å². The summed E-state index contributed by atoms with van der Waals surface area (Å²) < 4.78 is 27.3. The Morgan fingerprint density at radius 3 is 2.27 bits per heavy atom. The fourth-order valence-electron chi connectivity index (χ4n) is 1.81. The van der Waals surface area contributed by atoms with E-state index in [4.69, 9.17) is 9.02 Å². The highest BCUT2D eigenvalue weighted by Crippen LogP contribution is 2.15. The molecule has 22 heavy (non-hydrogen) atoms. The lowest BCUT2D eigenvalue weighted by Crippen LogP contribution is -2.44. The Kier molecular flexibility index (Phi) is 6.52. The maximum absolute atomic E-state index is 11.3. The van der Waals surface area contributed by atoms with Gasteiger partial charge in [-0.15, -0.1) is 0 Å². The molecule has 0 fully saturated rings. The lowest BCUT2D eigenvalue weighted by atomic mass is 10.1. The number of carbonyl (C=O) groups excluding carboxylic acids is 1. The van der Waals surface area contributed by atoms with Crippen LogP contribution in [-0.2, 0) is 30.4 Å². The zero-order chi connectivity index (χ0) is 16.8. The van der Waals surface area contributed by atoms with Gasteiger partial charge in [-0.25, -0.2) is 5.06 Å². The predicted molar refractivity (Wildman–Crippen MR) is 83.5 cm³/mol. The highest BCUT2D eigenvalue weighted by Gasteiger charge is 2.25. The number of hydroxylamine groups is 2. The van der Waals surface area contributed by atoms with E-state index in [2.05, 4.69) is 0 Å². The first-order chi connectivity index (χ1) is 10.1. The quantitative estimate of drug-likeness (QED) is 0.413. The van der Waals surface area contributed by atoms with Crippen LogP contribution >= 0.6 is 0 Å². The van der Waals surface area contributed by atoms with Crippen LogP contribution in [0.2, 0.25) is 0 Å². The highest BCUT2D eigenvalue weighted by atomic mass is 32.2. The van der Waals surface area contributed by atoms with E-state index in [0.717, 1.165) is 16.9 Å². The molecular formula is C15H23NO5S. The van der Waals surface area contributed by atoms with E-state index in [-0.39, 0.29) is 6.61 Å². The van der Waals surface area contributed by atoms with E-state index in [1.807, 2.05) is 30.3 Å². The number of nitrogens with zero attached hydrogens (tertiary/aromatic N) is 1. The molecule has 0 bridgehead atoms. The third-order valence-electron chi connectivity index (χ3n) is 2.63. The Balaban J connectivity index is 2.90. The molecule has 1 rings (SSSR count). The summed E-state index contributed by atoms with van der Waals surface area (Å²) in [6.45, 7) is 5.25. The van der Waals surface area contributed by atoms with Crippen LogP contribution in [0, 0.1) is 0 Å². The molecule has 1 atom stereocenters. The van der Waals surface area contributed by atoms with Gasteiger partial charge in [0.2, 0.25) is 6.41 Å². The van der Waals surface area contributed by atoms with Crippen molar-refractivity contribution < 1.29 is 22.2 Å². The zero-order valence-corrected chi connectivity index (χ0v) is 14.2. The molecule has 0 aliphatic heterocycles. The van der Waals surface area contributed by atoms with E-state index in [1.165, 1.54) is 0 Å². The van der Waals surface area contributed by atoms with E-state index >= 15 is 0 Å². The van der Waals surface area contributed by atoms with Crippen molar-refractivity contribution in [1.29, 1.82) is 0 Å². The molecule has 0 saturated heterocycles. The van der Waals surface area contributed by atoms with Crippen LogP contribution in [0.3, 0.4) is 0 Å². The molecule has 6 nitrogen and oxygen atoms in total. The van der Waals surface area contributed by atoms with Crippen LogP contribution < -0.4 is 0 Å². The Morgan fingerprint density at radius 1 is 1.23 bits per heavy atom. The van der Waals surface area contributed by atoms with Crippen LogP contribution in [0.15, 0.2) is 30.3 Å². The van der Waals surface area contributed by atoms with Gasteiger partial charge in [0.1, 0.15) is 0 Å². The first-order valence-corrected chi connectivity index (χ1v) is 8.73. The van der Waals surface area contributed by atoms with Crippen molar-refractivity contribution in [3.05, 3.63) is 35.9 Å². The lowest BCUT2D eigenvalue weighted by molar-refractivity contribution is -0.234. The molecule has 124 valence electrons. The second-order valence-corrected chi connectivity index (χ2v) is 7.65. The average molecular weight is 329 g/mol. The zero-order valence-electron chi connectivity index (χ0n) is 13.4. The smallest absolute Gasteiger partial charge is 0.264 e. The molecule has 0 N–H and O–H groups in total. The molecule has 0 aliphatic carbocycles. The average Bonchev–Trinajstić information content (AvgIpc) is 2.40. The van der Waals surface area contributed by atoms with Gasteiger partial charge in [-0.2, -0.15) is 8.42 Å². The minimum absolute atomic E-state index is 0.164. The van der Waals surface area contributed by atoms with Gasteiger partial charge in [-0.05, 0) is 32.8 Å². The van der Waals surface area contributed by atoms with Gasteiger partial charge < -0.3 is 0 Å². The maximum atomic E-state index is 11.3. The number of amides is 1. The Labute approximate surface area is 132 Å². The number of rotatable bonds is 8. The van der Waals surface area contributed by atoms with Crippen molar-refractivity contribution in [2.24, 2.45) is 0 Å². The van der Waals surface area contributed by atoms with Crippen LogP contribution in [0.25, 0.3) is 0 Å². The molecule has 1 amide bonds. The van der Waals surface area contributed by atoms with E-state index in [0.29, 0.717) is 12.8 Å². The molecule has 0 heterocycles. The number of carbonyl (C=O) groups is 1. The third kappa shape index (κ3) is 7.53. The van der Waals surface area contributed by atoms with Crippen molar-refractivity contribution in [2.75, 3.05) is 12.9 Å². The number of hydrogen-bond donors (Lipinski definition) is 0. The summed E-state index contributed by atoms with van der Waals surface area (Å²) >= 11 is 0. The summed E-state index contributed by atoms with van der Waals surface area (Å²) in [4.78, 5) is 16.9. The molecule has 0 aromatic heterocycles. The molecule has 0 aliphatic rings.